The molecule has 3 aromatic rings. The molecule has 0 fully saturated rings. The van der Waals surface area contributed by atoms with E-state index in [1.807, 2.05) is 51.1 Å². The van der Waals surface area contributed by atoms with Crippen LogP contribution in [-0.2, 0) is 15.2 Å². The number of thioether (sulfide) groups is 1. The number of hydrogen-bond donors (Lipinski definition) is 0. The number of fused-ring (bicyclic) bond motifs is 1. The van der Waals surface area contributed by atoms with Gasteiger partial charge in [-0.05, 0) is 69.2 Å². The molecular weight excluding hydrogens is 492 g/mol. The lowest BCUT2D eigenvalue weighted by Crippen LogP contribution is -2.43. The Morgan fingerprint density at radius 2 is 1.69 bits per heavy atom. The minimum absolute atomic E-state index is 0.000433. The molecule has 0 radical (unpaired) electrons. The Labute approximate surface area is 218 Å². The van der Waals surface area contributed by atoms with Crippen molar-refractivity contribution in [1.29, 1.82) is 0 Å². The number of nitrogens with zero attached hydrogens (tertiary/aromatic N) is 2. The van der Waals surface area contributed by atoms with E-state index in [1.54, 1.807) is 12.1 Å². The van der Waals surface area contributed by atoms with E-state index < -0.39 is 20.0 Å². The molecule has 0 bridgehead atoms. The number of hydrogen-bond acceptors (Lipinski definition) is 7. The highest BCUT2D eigenvalue weighted by Crippen LogP contribution is 2.41. The van der Waals surface area contributed by atoms with E-state index in [0.29, 0.717) is 28.3 Å². The summed E-state index contributed by atoms with van der Waals surface area (Å²) in [6, 6.07) is 12.9. The van der Waals surface area contributed by atoms with Crippen LogP contribution in [0.2, 0.25) is 18.1 Å². The van der Waals surface area contributed by atoms with Gasteiger partial charge in [0, 0.05) is 10.6 Å². The van der Waals surface area contributed by atoms with Gasteiger partial charge in [0.2, 0.25) is 0 Å². The van der Waals surface area contributed by atoms with E-state index in [4.69, 9.17) is 13.9 Å². The molecule has 0 aliphatic carbocycles. The van der Waals surface area contributed by atoms with Gasteiger partial charge in [-0.3, -0.25) is 0 Å². The van der Waals surface area contributed by atoms with Crippen molar-refractivity contribution in [2.75, 3.05) is 7.11 Å². The highest BCUT2D eigenvalue weighted by Gasteiger charge is 2.39. The summed E-state index contributed by atoms with van der Waals surface area (Å²) in [5.41, 5.74) is 1.17. The predicted molar refractivity (Wildman–Crippen MR) is 147 cm³/mol. The molecule has 194 valence electrons. The van der Waals surface area contributed by atoms with Gasteiger partial charge in [-0.1, -0.05) is 32.9 Å². The van der Waals surface area contributed by atoms with E-state index in [9.17, 15) is 9.59 Å². The number of methoxy groups -OCH3 is 1. The molecular formula is C27H36N2O5SSi. The van der Waals surface area contributed by atoms with Gasteiger partial charge in [-0.2, -0.15) is 9.78 Å². The molecule has 0 unspecified atom stereocenters. The molecule has 1 heterocycles. The zero-order valence-corrected chi connectivity index (χ0v) is 24.4. The Kier molecular flexibility index (Phi) is 7.95. The van der Waals surface area contributed by atoms with Crippen LogP contribution in [0.15, 0.2) is 47.4 Å². The fraction of sp³-hybridized carbons (Fsp3) is 0.444. The molecule has 1 aromatic heterocycles. The summed E-state index contributed by atoms with van der Waals surface area (Å²) >= 11 is 1.52. The first-order valence-electron chi connectivity index (χ1n) is 11.9. The number of rotatable bonds is 6. The van der Waals surface area contributed by atoms with E-state index in [1.165, 1.54) is 23.6 Å². The fourth-order valence-corrected chi connectivity index (χ4v) is 5.17. The highest BCUT2D eigenvalue weighted by molar-refractivity contribution is 7.98. The molecule has 0 amide bonds. The van der Waals surface area contributed by atoms with Gasteiger partial charge in [-0.15, -0.1) is 11.8 Å². The quantitative estimate of drug-likeness (QED) is 0.189. The summed E-state index contributed by atoms with van der Waals surface area (Å²) in [5, 5.41) is 5.48. The summed E-state index contributed by atoms with van der Waals surface area (Å²) in [6.07, 6.45) is -0.541. The van der Waals surface area contributed by atoms with E-state index in [0.717, 1.165) is 10.3 Å². The van der Waals surface area contributed by atoms with Crippen LogP contribution in [-0.4, -0.2) is 42.9 Å². The fourth-order valence-electron chi connectivity index (χ4n) is 3.25. The van der Waals surface area contributed by atoms with Crippen molar-refractivity contribution in [3.05, 3.63) is 53.7 Å². The van der Waals surface area contributed by atoms with Gasteiger partial charge in [0.15, 0.2) is 0 Å². The van der Waals surface area contributed by atoms with Crippen molar-refractivity contribution in [1.82, 2.24) is 9.78 Å². The van der Waals surface area contributed by atoms with Gasteiger partial charge in [0.05, 0.1) is 29.3 Å². The first-order chi connectivity index (χ1) is 16.6. The van der Waals surface area contributed by atoms with Crippen molar-refractivity contribution in [2.24, 2.45) is 0 Å². The number of ether oxygens (including phenoxy) is 2. The molecule has 36 heavy (non-hydrogen) atoms. The van der Waals surface area contributed by atoms with Gasteiger partial charge in [0.1, 0.15) is 11.4 Å². The van der Waals surface area contributed by atoms with Crippen LogP contribution in [0.4, 0.5) is 4.79 Å². The second-order valence-electron chi connectivity index (χ2n) is 11.2. The lowest BCUT2D eigenvalue weighted by atomic mass is 10.2. The second-order valence-corrected chi connectivity index (χ2v) is 16.9. The minimum atomic E-state index is -2.16. The maximum absolute atomic E-state index is 13.1. The third kappa shape index (κ3) is 6.31. The van der Waals surface area contributed by atoms with Crippen LogP contribution in [0.5, 0.6) is 5.75 Å². The molecule has 9 heteroatoms. The summed E-state index contributed by atoms with van der Waals surface area (Å²) < 4.78 is 18.5. The second kappa shape index (κ2) is 10.3. The topological polar surface area (TPSA) is 79.7 Å². The minimum Gasteiger partial charge on any atom is -0.543 e. The lowest BCUT2D eigenvalue weighted by molar-refractivity contribution is 0.0521. The van der Waals surface area contributed by atoms with Crippen molar-refractivity contribution in [2.45, 2.75) is 75.9 Å². The molecule has 0 atom stereocenters. The normalized spacial score (nSPS) is 12.5. The third-order valence-electron chi connectivity index (χ3n) is 6.11. The summed E-state index contributed by atoms with van der Waals surface area (Å²) in [5.74, 6) is 0.796. The molecule has 0 aliphatic rings. The monoisotopic (exact) mass is 528 g/mol. The van der Waals surface area contributed by atoms with E-state index in [-0.39, 0.29) is 11.0 Å². The zero-order valence-electron chi connectivity index (χ0n) is 22.6. The molecule has 3 rings (SSSR count). The number of carbonyl (C=O) groups excluding carboxylic acids is 2. The third-order valence-corrected chi connectivity index (χ3v) is 11.5. The molecule has 0 saturated carbocycles. The Bertz CT molecular complexity index is 1270. The largest absolute Gasteiger partial charge is 0.543 e. The molecule has 0 aliphatic heterocycles. The van der Waals surface area contributed by atoms with Crippen LogP contribution in [0, 0.1) is 0 Å². The van der Waals surface area contributed by atoms with Crippen molar-refractivity contribution < 1.29 is 23.5 Å². The average molecular weight is 529 g/mol. The molecule has 0 N–H and O–H groups in total. The van der Waals surface area contributed by atoms with Crippen LogP contribution < -0.4 is 4.43 Å². The number of carbonyl (C=O) groups is 2. The zero-order chi connectivity index (χ0) is 26.9. The number of benzene rings is 2. The Balaban J connectivity index is 2.07. The predicted octanol–water partition coefficient (Wildman–Crippen LogP) is 7.28. The van der Waals surface area contributed by atoms with Crippen LogP contribution in [0.25, 0.3) is 10.9 Å². The van der Waals surface area contributed by atoms with Gasteiger partial charge in [-0.25, -0.2) is 9.59 Å². The van der Waals surface area contributed by atoms with Crippen molar-refractivity contribution in [3.8, 4) is 5.75 Å². The van der Waals surface area contributed by atoms with E-state index in [2.05, 4.69) is 39.0 Å². The SMILES string of the molecule is COC(=O)c1cccc(SCc2nn(C(=O)OC(C)(C)C)c3cccc(O[Si](C)(C)C(C)(C)C)c23)c1. The molecule has 0 spiro atoms. The van der Waals surface area contributed by atoms with E-state index >= 15 is 0 Å². The van der Waals surface area contributed by atoms with Gasteiger partial charge in [0.25, 0.3) is 8.32 Å². The van der Waals surface area contributed by atoms with Crippen molar-refractivity contribution in [3.63, 3.8) is 0 Å². The maximum atomic E-state index is 13.1. The van der Waals surface area contributed by atoms with Crippen LogP contribution in [0.1, 0.15) is 57.6 Å². The van der Waals surface area contributed by atoms with Gasteiger partial charge < -0.3 is 13.9 Å². The van der Waals surface area contributed by atoms with Crippen LogP contribution in [0.3, 0.4) is 0 Å². The van der Waals surface area contributed by atoms with Crippen LogP contribution >= 0.6 is 11.8 Å². The summed E-state index contributed by atoms with van der Waals surface area (Å²) in [7, 11) is -0.802. The summed E-state index contributed by atoms with van der Waals surface area (Å²) in [4.78, 5) is 25.9. The smallest absolute Gasteiger partial charge is 0.435 e. The highest BCUT2D eigenvalue weighted by atomic mass is 32.2. The maximum Gasteiger partial charge on any atom is 0.435 e. The Hall–Kier alpha value is -2.78. The average Bonchev–Trinajstić information content (AvgIpc) is 3.15. The molecule has 7 nitrogen and oxygen atoms in total. The van der Waals surface area contributed by atoms with Gasteiger partial charge >= 0.3 is 12.1 Å². The molecule has 2 aromatic carbocycles. The lowest BCUT2D eigenvalue weighted by Gasteiger charge is -2.36. The Morgan fingerprint density at radius 1 is 1.03 bits per heavy atom. The number of aromatic nitrogens is 2. The standard InChI is InChI=1S/C27H36N2O5SSi/c1-26(2,3)33-25(31)29-21-14-11-15-22(34-36(8,9)27(4,5)6)23(21)20(28-29)17-35-19-13-10-12-18(16-19)24(30)32-7/h10-16H,17H2,1-9H3. The first-order valence-corrected chi connectivity index (χ1v) is 15.8. The summed E-state index contributed by atoms with van der Waals surface area (Å²) in [6.45, 7) is 16.4. The molecule has 0 saturated heterocycles. The number of esters is 1. The Morgan fingerprint density at radius 3 is 2.31 bits per heavy atom. The first kappa shape index (κ1) is 27.8. The van der Waals surface area contributed by atoms with Crippen molar-refractivity contribution >= 4 is 43.0 Å².